The van der Waals surface area contributed by atoms with E-state index < -0.39 is 46.8 Å². The molecule has 0 saturated heterocycles. The van der Waals surface area contributed by atoms with Gasteiger partial charge in [0.25, 0.3) is 5.91 Å². The van der Waals surface area contributed by atoms with E-state index in [1.807, 2.05) is 0 Å². The Morgan fingerprint density at radius 2 is 1.81 bits per heavy atom. The highest BCUT2D eigenvalue weighted by Gasteiger charge is 2.39. The highest BCUT2D eigenvalue weighted by Crippen LogP contribution is 2.34. The lowest BCUT2D eigenvalue weighted by molar-refractivity contribution is -0.189. The number of hydrogen-bond acceptors (Lipinski definition) is 3. The van der Waals surface area contributed by atoms with E-state index in [1.165, 1.54) is 30.5 Å². The molecule has 168 valence electrons. The molecular weight excluding hydrogens is 478 g/mol. The monoisotopic (exact) mass is 490 g/mol. The van der Waals surface area contributed by atoms with Gasteiger partial charge in [-0.05, 0) is 43.3 Å². The summed E-state index contributed by atoms with van der Waals surface area (Å²) in [7, 11) is 0. The van der Waals surface area contributed by atoms with E-state index in [0.717, 1.165) is 19.1 Å². The summed E-state index contributed by atoms with van der Waals surface area (Å²) in [6, 6.07) is 7.93. The lowest BCUT2D eigenvalue weighted by Gasteiger charge is -2.20. The molecule has 1 N–H and O–H groups in total. The normalized spacial score (nSPS) is 12.4. The molecule has 0 fully saturated rings. The number of rotatable bonds is 5. The maximum absolute atomic E-state index is 14.8. The molecule has 0 aliphatic heterocycles. The summed E-state index contributed by atoms with van der Waals surface area (Å²) in [4.78, 5) is 16.6. The van der Waals surface area contributed by atoms with Crippen molar-refractivity contribution in [2.75, 3.05) is 5.32 Å². The second kappa shape index (κ2) is 9.30. The first-order valence-corrected chi connectivity index (χ1v) is 9.67. The zero-order chi connectivity index (χ0) is 23.6. The number of halogens is 7. The molecule has 3 aromatic rings. The van der Waals surface area contributed by atoms with Crippen LogP contribution in [-0.2, 0) is 0 Å². The predicted octanol–water partition coefficient (Wildman–Crippen LogP) is 6.92. The number of amides is 1. The zero-order valence-electron chi connectivity index (χ0n) is 16.1. The molecule has 32 heavy (non-hydrogen) atoms. The van der Waals surface area contributed by atoms with Gasteiger partial charge in [-0.3, -0.25) is 9.78 Å². The summed E-state index contributed by atoms with van der Waals surface area (Å²) in [5, 5.41) is 2.23. The highest BCUT2D eigenvalue weighted by atomic mass is 35.5. The van der Waals surface area contributed by atoms with Crippen molar-refractivity contribution in [3.63, 3.8) is 0 Å². The molecule has 1 atom stereocenters. The SMILES string of the molecule is C[C@H](Oc1cc(-c2ccc(Cl)cn2)c(F)cc1C(=O)Nc1c(F)cccc1Cl)C(F)(F)F. The second-order valence-corrected chi connectivity index (χ2v) is 7.39. The largest absolute Gasteiger partial charge is 0.480 e. The Bertz CT molecular complexity index is 1130. The van der Waals surface area contributed by atoms with E-state index in [9.17, 15) is 26.7 Å². The molecule has 2 aromatic carbocycles. The van der Waals surface area contributed by atoms with Crippen LogP contribution < -0.4 is 10.1 Å². The first kappa shape index (κ1) is 23.7. The fourth-order valence-electron chi connectivity index (χ4n) is 2.62. The zero-order valence-corrected chi connectivity index (χ0v) is 17.6. The third-order valence-electron chi connectivity index (χ3n) is 4.28. The molecule has 0 spiro atoms. The number of alkyl halides is 3. The van der Waals surface area contributed by atoms with Gasteiger partial charge in [0, 0.05) is 11.8 Å². The van der Waals surface area contributed by atoms with Crippen LogP contribution in [0.2, 0.25) is 10.0 Å². The number of aromatic nitrogens is 1. The number of nitrogens with zero attached hydrogens (tertiary/aromatic N) is 1. The molecule has 1 amide bonds. The van der Waals surface area contributed by atoms with Gasteiger partial charge in [0.2, 0.25) is 0 Å². The summed E-state index contributed by atoms with van der Waals surface area (Å²) < 4.78 is 73.0. The van der Waals surface area contributed by atoms with E-state index >= 15 is 0 Å². The van der Waals surface area contributed by atoms with Crippen molar-refractivity contribution in [1.82, 2.24) is 4.98 Å². The summed E-state index contributed by atoms with van der Waals surface area (Å²) in [6.07, 6.45) is -5.88. The second-order valence-electron chi connectivity index (χ2n) is 6.54. The van der Waals surface area contributed by atoms with Gasteiger partial charge in [-0.25, -0.2) is 8.78 Å². The van der Waals surface area contributed by atoms with Gasteiger partial charge in [0.1, 0.15) is 17.4 Å². The van der Waals surface area contributed by atoms with E-state index in [4.69, 9.17) is 27.9 Å². The first-order chi connectivity index (χ1) is 15.0. The minimum Gasteiger partial charge on any atom is -0.480 e. The number of pyridine rings is 1. The van der Waals surface area contributed by atoms with E-state index in [-0.39, 0.29) is 21.3 Å². The van der Waals surface area contributed by atoms with Gasteiger partial charge in [0.05, 0.1) is 27.0 Å². The Labute approximate surface area is 188 Å². The Morgan fingerprint density at radius 1 is 1.09 bits per heavy atom. The quantitative estimate of drug-likeness (QED) is 0.395. The molecule has 1 aromatic heterocycles. The molecule has 0 bridgehead atoms. The predicted molar refractivity (Wildman–Crippen MR) is 110 cm³/mol. The molecule has 4 nitrogen and oxygen atoms in total. The molecule has 0 aliphatic carbocycles. The van der Waals surface area contributed by atoms with Crippen molar-refractivity contribution in [1.29, 1.82) is 0 Å². The molecule has 1 heterocycles. The van der Waals surface area contributed by atoms with E-state index in [1.54, 1.807) is 0 Å². The Kier molecular flexibility index (Phi) is 6.90. The van der Waals surface area contributed by atoms with Crippen molar-refractivity contribution in [2.45, 2.75) is 19.2 Å². The van der Waals surface area contributed by atoms with Crippen LogP contribution in [-0.4, -0.2) is 23.2 Å². The number of para-hydroxylation sites is 1. The van der Waals surface area contributed by atoms with Crippen molar-refractivity contribution < 1.29 is 31.5 Å². The fourth-order valence-corrected chi connectivity index (χ4v) is 2.94. The minimum atomic E-state index is -4.77. The van der Waals surface area contributed by atoms with Crippen LogP contribution in [0.25, 0.3) is 11.3 Å². The van der Waals surface area contributed by atoms with Crippen LogP contribution in [0.15, 0.2) is 48.7 Å². The van der Waals surface area contributed by atoms with Crippen LogP contribution >= 0.6 is 23.2 Å². The molecule has 0 radical (unpaired) electrons. The summed E-state index contributed by atoms with van der Waals surface area (Å²) in [6.45, 7) is 0.721. The number of carbonyl (C=O) groups is 1. The van der Waals surface area contributed by atoms with E-state index in [0.29, 0.717) is 6.07 Å². The first-order valence-electron chi connectivity index (χ1n) is 8.91. The van der Waals surface area contributed by atoms with Gasteiger partial charge in [-0.1, -0.05) is 29.3 Å². The molecule has 0 saturated carbocycles. The van der Waals surface area contributed by atoms with Crippen LogP contribution in [0.5, 0.6) is 5.75 Å². The van der Waals surface area contributed by atoms with Crippen molar-refractivity contribution in [2.24, 2.45) is 0 Å². The minimum absolute atomic E-state index is 0.0421. The maximum Gasteiger partial charge on any atom is 0.425 e. The highest BCUT2D eigenvalue weighted by molar-refractivity contribution is 6.34. The average Bonchev–Trinajstić information content (AvgIpc) is 2.71. The lowest BCUT2D eigenvalue weighted by Crippen LogP contribution is -2.32. The smallest absolute Gasteiger partial charge is 0.425 e. The molecular formula is C21H13Cl2F5N2O2. The third kappa shape index (κ3) is 5.28. The van der Waals surface area contributed by atoms with Crippen molar-refractivity contribution in [3.8, 4) is 17.0 Å². The Morgan fingerprint density at radius 3 is 2.41 bits per heavy atom. The number of hydrogen-bond donors (Lipinski definition) is 1. The number of ether oxygens (including phenoxy) is 1. The van der Waals surface area contributed by atoms with Gasteiger partial charge in [-0.2, -0.15) is 13.2 Å². The summed E-state index contributed by atoms with van der Waals surface area (Å²) in [5.74, 6) is -3.58. The van der Waals surface area contributed by atoms with Crippen LogP contribution in [0, 0.1) is 11.6 Å². The molecule has 0 aliphatic rings. The summed E-state index contributed by atoms with van der Waals surface area (Å²) in [5.41, 5.74) is -1.21. The average molecular weight is 491 g/mol. The van der Waals surface area contributed by atoms with Gasteiger partial charge in [0.15, 0.2) is 6.10 Å². The Hall–Kier alpha value is -2.91. The number of carbonyl (C=O) groups excluding carboxylic acids is 1. The van der Waals surface area contributed by atoms with Crippen molar-refractivity contribution >= 4 is 34.8 Å². The van der Waals surface area contributed by atoms with Crippen LogP contribution in [0.1, 0.15) is 17.3 Å². The number of benzene rings is 2. The molecule has 11 heteroatoms. The van der Waals surface area contributed by atoms with Gasteiger partial charge in [-0.15, -0.1) is 0 Å². The lowest BCUT2D eigenvalue weighted by atomic mass is 10.0. The van der Waals surface area contributed by atoms with Crippen molar-refractivity contribution in [3.05, 3.63) is 75.9 Å². The van der Waals surface area contributed by atoms with Crippen LogP contribution in [0.4, 0.5) is 27.6 Å². The van der Waals surface area contributed by atoms with Gasteiger partial charge < -0.3 is 10.1 Å². The standard InChI is InChI=1S/C21H13Cl2F5N2O2/c1-10(21(26,27)28)32-18-8-12(17-6-5-11(22)9-29-17)16(25)7-13(18)20(31)30-19-14(23)3-2-4-15(19)24/h2-10H,1H3,(H,30,31)/t10-/m0/s1. The maximum atomic E-state index is 14.8. The number of anilines is 1. The topological polar surface area (TPSA) is 51.2 Å². The Balaban J connectivity index is 2.08. The summed E-state index contributed by atoms with van der Waals surface area (Å²) >= 11 is 11.6. The molecule has 3 rings (SSSR count). The third-order valence-corrected chi connectivity index (χ3v) is 4.82. The van der Waals surface area contributed by atoms with E-state index in [2.05, 4.69) is 10.3 Å². The molecule has 0 unspecified atom stereocenters. The van der Waals surface area contributed by atoms with Gasteiger partial charge >= 0.3 is 6.18 Å². The van der Waals surface area contributed by atoms with Crippen LogP contribution in [0.3, 0.4) is 0 Å². The fraction of sp³-hybridized carbons (Fsp3) is 0.143. The number of nitrogens with one attached hydrogen (secondary N) is 1.